The minimum atomic E-state index is -3.35. The maximum atomic E-state index is 13.5. The van der Waals surface area contributed by atoms with Crippen LogP contribution >= 0.6 is 0 Å². The normalized spacial score (nSPS) is 11.2. The van der Waals surface area contributed by atoms with Gasteiger partial charge in [0.25, 0.3) is 0 Å². The lowest BCUT2D eigenvalue weighted by atomic mass is 10.2. The molecule has 0 aliphatic rings. The number of pyridine rings is 1. The van der Waals surface area contributed by atoms with Gasteiger partial charge < -0.3 is 5.32 Å². The zero-order valence-electron chi connectivity index (χ0n) is 12.9. The summed E-state index contributed by atoms with van der Waals surface area (Å²) in [4.78, 5) is 4.06. The summed E-state index contributed by atoms with van der Waals surface area (Å²) in [5, 5.41) is 3.05. The van der Waals surface area contributed by atoms with Crippen molar-refractivity contribution in [2.24, 2.45) is 0 Å². The van der Waals surface area contributed by atoms with Gasteiger partial charge in [-0.1, -0.05) is 31.5 Å². The Labute approximate surface area is 136 Å². The summed E-state index contributed by atoms with van der Waals surface area (Å²) in [5.74, 6) is 0.0872. The van der Waals surface area contributed by atoms with Crippen LogP contribution in [0.25, 0.3) is 0 Å². The van der Waals surface area contributed by atoms with Crippen LogP contribution < -0.4 is 10.0 Å². The molecule has 0 atom stereocenters. The summed E-state index contributed by atoms with van der Waals surface area (Å²) in [5.41, 5.74) is 1.24. The lowest BCUT2D eigenvalue weighted by Crippen LogP contribution is -2.17. The third kappa shape index (κ3) is 5.52. The summed E-state index contributed by atoms with van der Waals surface area (Å²) in [7, 11) is -3.35. The number of nitrogens with zero attached hydrogens (tertiary/aromatic N) is 1. The van der Waals surface area contributed by atoms with Crippen molar-refractivity contribution in [3.05, 3.63) is 54.0 Å². The molecule has 0 unspecified atom stereocenters. The number of anilines is 2. The minimum absolute atomic E-state index is 0.0818. The Hall–Kier alpha value is -2.15. The molecule has 0 fully saturated rings. The van der Waals surface area contributed by atoms with Gasteiger partial charge in [0.1, 0.15) is 11.6 Å². The number of aromatic nitrogens is 1. The molecule has 0 bridgehead atoms. The van der Waals surface area contributed by atoms with E-state index >= 15 is 0 Å². The van der Waals surface area contributed by atoms with E-state index in [1.54, 1.807) is 30.3 Å². The number of hydrogen-bond donors (Lipinski definition) is 2. The van der Waals surface area contributed by atoms with Gasteiger partial charge in [-0.25, -0.2) is 17.8 Å². The Kier molecular flexibility index (Phi) is 5.92. The fraction of sp³-hybridized carbons (Fsp3) is 0.312. The van der Waals surface area contributed by atoms with Crippen molar-refractivity contribution in [1.82, 2.24) is 4.98 Å². The second kappa shape index (κ2) is 7.92. The largest absolute Gasteiger partial charge is 0.380 e. The molecule has 5 nitrogen and oxygen atoms in total. The van der Waals surface area contributed by atoms with Crippen molar-refractivity contribution >= 4 is 21.5 Å². The molecule has 7 heteroatoms. The molecule has 0 aliphatic carbocycles. The number of unbranched alkanes of at least 4 members (excludes halogenated alkanes) is 1. The quantitative estimate of drug-likeness (QED) is 0.775. The van der Waals surface area contributed by atoms with Gasteiger partial charge in [-0.15, -0.1) is 0 Å². The van der Waals surface area contributed by atoms with Crippen LogP contribution in [0.15, 0.2) is 42.6 Å². The average Bonchev–Trinajstić information content (AvgIpc) is 2.53. The lowest BCUT2D eigenvalue weighted by Gasteiger charge is -2.09. The molecular formula is C16H20FN3O2S. The maximum absolute atomic E-state index is 13.5. The molecule has 2 N–H and O–H groups in total. The summed E-state index contributed by atoms with van der Waals surface area (Å²) in [6.45, 7) is 2.26. The molecular weight excluding hydrogens is 317 g/mol. The summed E-state index contributed by atoms with van der Waals surface area (Å²) in [6, 6.07) is 9.79. The second-order valence-electron chi connectivity index (χ2n) is 5.15. The molecule has 1 aromatic carbocycles. The first-order valence-electron chi connectivity index (χ1n) is 7.44. The molecule has 0 radical (unpaired) electrons. The molecule has 2 aromatic rings. The monoisotopic (exact) mass is 337 g/mol. The van der Waals surface area contributed by atoms with Crippen molar-refractivity contribution in [3.63, 3.8) is 0 Å². The smallest absolute Gasteiger partial charge is 0.233 e. The van der Waals surface area contributed by atoms with E-state index in [0.717, 1.165) is 6.42 Å². The third-order valence-electron chi connectivity index (χ3n) is 3.23. The van der Waals surface area contributed by atoms with E-state index in [1.807, 2.05) is 6.92 Å². The number of halogens is 1. The highest BCUT2D eigenvalue weighted by Gasteiger charge is 2.10. The van der Waals surface area contributed by atoms with Gasteiger partial charge in [-0.3, -0.25) is 4.72 Å². The van der Waals surface area contributed by atoms with Crippen molar-refractivity contribution < 1.29 is 12.8 Å². The highest BCUT2D eigenvalue weighted by atomic mass is 32.2. The van der Waals surface area contributed by atoms with Crippen LogP contribution in [0.5, 0.6) is 0 Å². The number of nitrogens with one attached hydrogen (secondary N) is 2. The highest BCUT2D eigenvalue weighted by molar-refractivity contribution is 7.92. The Morgan fingerprint density at radius 3 is 2.61 bits per heavy atom. The highest BCUT2D eigenvalue weighted by Crippen LogP contribution is 2.14. The summed E-state index contributed by atoms with van der Waals surface area (Å²) >= 11 is 0. The van der Waals surface area contributed by atoms with Crippen LogP contribution in [-0.4, -0.2) is 19.2 Å². The van der Waals surface area contributed by atoms with Gasteiger partial charge in [0.2, 0.25) is 10.0 Å². The van der Waals surface area contributed by atoms with Crippen molar-refractivity contribution in [2.45, 2.75) is 26.3 Å². The van der Waals surface area contributed by atoms with Gasteiger partial charge in [0.05, 0.1) is 17.6 Å². The van der Waals surface area contributed by atoms with Crippen LogP contribution in [-0.2, 0) is 16.6 Å². The molecule has 0 aliphatic heterocycles. The fourth-order valence-electron chi connectivity index (χ4n) is 1.94. The number of hydrogen-bond acceptors (Lipinski definition) is 4. The zero-order valence-corrected chi connectivity index (χ0v) is 13.7. The van der Waals surface area contributed by atoms with Gasteiger partial charge in [0.15, 0.2) is 0 Å². The Bertz CT molecular complexity index is 733. The van der Waals surface area contributed by atoms with Crippen molar-refractivity contribution in [3.8, 4) is 0 Å². The van der Waals surface area contributed by atoms with Crippen LogP contribution in [0.3, 0.4) is 0 Å². The zero-order chi connectivity index (χ0) is 16.7. The Balaban J connectivity index is 1.93. The van der Waals surface area contributed by atoms with E-state index in [9.17, 15) is 12.8 Å². The third-order valence-corrected chi connectivity index (χ3v) is 4.58. The molecule has 1 heterocycles. The van der Waals surface area contributed by atoms with E-state index < -0.39 is 10.0 Å². The van der Waals surface area contributed by atoms with Gasteiger partial charge in [-0.2, -0.15) is 0 Å². The first kappa shape index (κ1) is 17.2. The minimum Gasteiger partial charge on any atom is -0.380 e. The molecule has 0 spiro atoms. The fourth-order valence-corrected chi connectivity index (χ4v) is 3.15. The lowest BCUT2D eigenvalue weighted by molar-refractivity contribution is 0.597. The van der Waals surface area contributed by atoms with Gasteiger partial charge >= 0.3 is 0 Å². The van der Waals surface area contributed by atoms with E-state index in [4.69, 9.17) is 0 Å². The predicted molar refractivity (Wildman–Crippen MR) is 90.3 cm³/mol. The van der Waals surface area contributed by atoms with E-state index in [2.05, 4.69) is 15.0 Å². The van der Waals surface area contributed by atoms with E-state index in [1.165, 1.54) is 12.3 Å². The summed E-state index contributed by atoms with van der Waals surface area (Å²) in [6.07, 6.45) is 2.93. The molecule has 0 saturated carbocycles. The molecule has 2 rings (SSSR count). The Morgan fingerprint density at radius 2 is 1.96 bits per heavy atom. The van der Waals surface area contributed by atoms with Gasteiger partial charge in [0, 0.05) is 12.1 Å². The Morgan fingerprint density at radius 1 is 1.17 bits per heavy atom. The van der Waals surface area contributed by atoms with Crippen molar-refractivity contribution in [2.75, 3.05) is 15.8 Å². The molecule has 0 saturated heterocycles. The first-order valence-corrected chi connectivity index (χ1v) is 9.09. The summed E-state index contributed by atoms with van der Waals surface area (Å²) < 4.78 is 39.5. The molecule has 23 heavy (non-hydrogen) atoms. The molecule has 0 amide bonds. The standard InChI is InChI=1S/C16H20FN3O2S/c1-2-3-10-23(21,22)20-16-9-8-14(12-19-16)18-11-13-6-4-5-7-15(13)17/h4-9,12,18H,2-3,10-11H2,1H3,(H,19,20). The van der Waals surface area contributed by atoms with E-state index in [-0.39, 0.29) is 17.4 Å². The number of benzene rings is 1. The van der Waals surface area contributed by atoms with Gasteiger partial charge in [-0.05, 0) is 24.6 Å². The topological polar surface area (TPSA) is 71.1 Å². The van der Waals surface area contributed by atoms with Crippen LogP contribution in [0.2, 0.25) is 0 Å². The number of rotatable bonds is 8. The SMILES string of the molecule is CCCCS(=O)(=O)Nc1ccc(NCc2ccccc2F)cn1. The molecule has 1 aromatic heterocycles. The predicted octanol–water partition coefficient (Wildman–Crippen LogP) is 3.37. The average molecular weight is 337 g/mol. The first-order chi connectivity index (χ1) is 11.0. The van der Waals surface area contributed by atoms with E-state index in [0.29, 0.717) is 24.2 Å². The van der Waals surface area contributed by atoms with Crippen LogP contribution in [0, 0.1) is 5.82 Å². The molecule has 124 valence electrons. The maximum Gasteiger partial charge on any atom is 0.233 e. The second-order valence-corrected chi connectivity index (χ2v) is 6.99. The number of sulfonamides is 1. The van der Waals surface area contributed by atoms with Crippen LogP contribution in [0.1, 0.15) is 25.3 Å². The van der Waals surface area contributed by atoms with Crippen molar-refractivity contribution in [1.29, 1.82) is 0 Å². The van der Waals surface area contributed by atoms with Crippen LogP contribution in [0.4, 0.5) is 15.9 Å².